The highest BCUT2D eigenvalue weighted by Gasteiger charge is 2.51. The molecule has 0 radical (unpaired) electrons. The summed E-state index contributed by atoms with van der Waals surface area (Å²) < 4.78 is 16.3. The highest BCUT2D eigenvalue weighted by atomic mass is 16.6. The van der Waals surface area contributed by atoms with Crippen molar-refractivity contribution in [3.05, 3.63) is 24.3 Å². The minimum absolute atomic E-state index is 0.0652. The van der Waals surface area contributed by atoms with Crippen LogP contribution in [0.1, 0.15) is 51.9 Å². The monoisotopic (exact) mass is 401 g/mol. The number of hydrogen-bond acceptors (Lipinski definition) is 5. The van der Waals surface area contributed by atoms with Gasteiger partial charge in [-0.05, 0) is 74.8 Å². The number of esters is 1. The van der Waals surface area contributed by atoms with E-state index in [0.717, 1.165) is 43.4 Å². The Morgan fingerprint density at radius 2 is 1.55 bits per heavy atom. The van der Waals surface area contributed by atoms with Gasteiger partial charge in [-0.3, -0.25) is 4.79 Å². The van der Waals surface area contributed by atoms with Gasteiger partial charge in [0.05, 0.1) is 6.61 Å². The van der Waals surface area contributed by atoms with Crippen LogP contribution in [0.25, 0.3) is 0 Å². The van der Waals surface area contributed by atoms with E-state index in [1.54, 1.807) is 12.1 Å². The molecule has 4 bridgehead atoms. The smallest absolute Gasteiger partial charge is 0.344 e. The van der Waals surface area contributed by atoms with Crippen molar-refractivity contribution in [1.29, 1.82) is 0 Å². The predicted molar refractivity (Wildman–Crippen MR) is 108 cm³/mol. The SMILES string of the molecule is CCCOc1ccccc1OCC(=O)OCC(=O)NC12CC3CC(CC(C3)C1)C2. The van der Waals surface area contributed by atoms with Crippen LogP contribution in [0, 0.1) is 17.8 Å². The second kappa shape index (κ2) is 8.64. The topological polar surface area (TPSA) is 73.9 Å². The fraction of sp³-hybridized carbons (Fsp3) is 0.652. The van der Waals surface area contributed by atoms with Gasteiger partial charge >= 0.3 is 5.97 Å². The van der Waals surface area contributed by atoms with Gasteiger partial charge < -0.3 is 19.5 Å². The molecule has 0 saturated heterocycles. The molecular formula is C23H31NO5. The summed E-state index contributed by atoms with van der Waals surface area (Å²) in [4.78, 5) is 24.5. The lowest BCUT2D eigenvalue weighted by atomic mass is 9.53. The van der Waals surface area contributed by atoms with Gasteiger partial charge in [0.1, 0.15) is 0 Å². The average molecular weight is 402 g/mol. The molecule has 0 heterocycles. The van der Waals surface area contributed by atoms with Gasteiger partial charge in [0.25, 0.3) is 5.91 Å². The number of hydrogen-bond donors (Lipinski definition) is 1. The van der Waals surface area contributed by atoms with Crippen molar-refractivity contribution in [2.24, 2.45) is 17.8 Å². The average Bonchev–Trinajstić information content (AvgIpc) is 2.68. The standard InChI is InChI=1S/C23H31NO5/c1-2-7-27-19-5-3-4-6-20(19)28-15-22(26)29-14-21(25)24-23-11-16-8-17(12-23)10-18(9-16)13-23/h3-6,16-18H,2,7-15H2,1H3,(H,24,25). The van der Waals surface area contributed by atoms with Gasteiger partial charge in [0.15, 0.2) is 24.7 Å². The summed E-state index contributed by atoms with van der Waals surface area (Å²) in [6, 6.07) is 7.22. The molecule has 0 unspecified atom stereocenters. The zero-order valence-electron chi connectivity index (χ0n) is 17.2. The van der Waals surface area contributed by atoms with Crippen LogP contribution in [0.4, 0.5) is 0 Å². The summed E-state index contributed by atoms with van der Waals surface area (Å²) in [5, 5.41) is 3.21. The van der Waals surface area contributed by atoms with E-state index >= 15 is 0 Å². The molecule has 0 aliphatic heterocycles. The lowest BCUT2D eigenvalue weighted by molar-refractivity contribution is -0.151. The van der Waals surface area contributed by atoms with Crippen LogP contribution < -0.4 is 14.8 Å². The van der Waals surface area contributed by atoms with Crippen LogP contribution in [-0.2, 0) is 14.3 Å². The Bertz CT molecular complexity index is 711. The molecule has 0 spiro atoms. The molecule has 1 aromatic carbocycles. The maximum atomic E-state index is 12.4. The van der Waals surface area contributed by atoms with Crippen molar-refractivity contribution >= 4 is 11.9 Å². The van der Waals surface area contributed by atoms with E-state index in [4.69, 9.17) is 14.2 Å². The summed E-state index contributed by atoms with van der Waals surface area (Å²) in [7, 11) is 0. The maximum Gasteiger partial charge on any atom is 0.344 e. The number of amides is 1. The lowest BCUT2D eigenvalue weighted by Gasteiger charge is -2.56. The van der Waals surface area contributed by atoms with Crippen molar-refractivity contribution in [2.45, 2.75) is 57.4 Å². The van der Waals surface area contributed by atoms with E-state index in [0.29, 0.717) is 18.1 Å². The number of nitrogens with one attached hydrogen (secondary N) is 1. The quantitative estimate of drug-likeness (QED) is 0.641. The fourth-order valence-electron chi connectivity index (χ4n) is 5.82. The van der Waals surface area contributed by atoms with Crippen LogP contribution >= 0.6 is 0 Å². The first-order valence-corrected chi connectivity index (χ1v) is 10.9. The molecule has 0 atom stereocenters. The number of carbonyl (C=O) groups is 2. The van der Waals surface area contributed by atoms with E-state index in [9.17, 15) is 9.59 Å². The van der Waals surface area contributed by atoms with Gasteiger partial charge in [-0.1, -0.05) is 19.1 Å². The molecule has 0 aromatic heterocycles. The van der Waals surface area contributed by atoms with Crippen LogP contribution in [0.2, 0.25) is 0 Å². The molecule has 1 amide bonds. The third kappa shape index (κ3) is 4.85. The maximum absolute atomic E-state index is 12.4. The van der Waals surface area contributed by atoms with Gasteiger partial charge in [-0.2, -0.15) is 0 Å². The third-order valence-corrected chi connectivity index (χ3v) is 6.46. The van der Waals surface area contributed by atoms with E-state index in [1.807, 2.05) is 19.1 Å². The fourth-order valence-corrected chi connectivity index (χ4v) is 5.82. The largest absolute Gasteiger partial charge is 0.490 e. The summed E-state index contributed by atoms with van der Waals surface area (Å²) >= 11 is 0. The Kier molecular flexibility index (Phi) is 5.97. The zero-order valence-corrected chi connectivity index (χ0v) is 17.2. The summed E-state index contributed by atoms with van der Waals surface area (Å²) in [5.41, 5.74) is -0.0652. The molecule has 4 fully saturated rings. The summed E-state index contributed by atoms with van der Waals surface area (Å²) in [6.07, 6.45) is 8.10. The molecular weight excluding hydrogens is 370 g/mol. The Hall–Kier alpha value is -2.24. The Morgan fingerprint density at radius 1 is 0.966 bits per heavy atom. The molecule has 29 heavy (non-hydrogen) atoms. The van der Waals surface area contributed by atoms with Crippen LogP contribution in [0.15, 0.2) is 24.3 Å². The first-order chi connectivity index (χ1) is 14.0. The number of para-hydroxylation sites is 2. The minimum atomic E-state index is -0.559. The number of carbonyl (C=O) groups excluding carboxylic acids is 2. The second-order valence-electron chi connectivity index (χ2n) is 8.99. The molecule has 1 N–H and O–H groups in total. The summed E-state index contributed by atoms with van der Waals surface area (Å²) in [5.74, 6) is 2.60. The van der Waals surface area contributed by atoms with Crippen LogP contribution in [0.3, 0.4) is 0 Å². The van der Waals surface area contributed by atoms with E-state index in [2.05, 4.69) is 5.32 Å². The highest BCUT2D eigenvalue weighted by Crippen LogP contribution is 2.55. The van der Waals surface area contributed by atoms with Crippen molar-refractivity contribution in [1.82, 2.24) is 5.32 Å². The molecule has 6 heteroatoms. The first kappa shape index (κ1) is 20.0. The van der Waals surface area contributed by atoms with Gasteiger partial charge in [-0.15, -0.1) is 0 Å². The first-order valence-electron chi connectivity index (χ1n) is 10.9. The van der Waals surface area contributed by atoms with Gasteiger partial charge in [0.2, 0.25) is 0 Å². The number of ether oxygens (including phenoxy) is 3. The van der Waals surface area contributed by atoms with Crippen molar-refractivity contribution in [2.75, 3.05) is 19.8 Å². The van der Waals surface area contributed by atoms with Crippen LogP contribution in [0.5, 0.6) is 11.5 Å². The molecule has 4 aliphatic rings. The molecule has 4 aliphatic carbocycles. The van der Waals surface area contributed by atoms with E-state index in [-0.39, 0.29) is 24.7 Å². The van der Waals surface area contributed by atoms with Crippen LogP contribution in [-0.4, -0.2) is 37.2 Å². The molecule has 158 valence electrons. The Morgan fingerprint density at radius 3 is 2.14 bits per heavy atom. The van der Waals surface area contributed by atoms with Crippen molar-refractivity contribution in [3.8, 4) is 11.5 Å². The lowest BCUT2D eigenvalue weighted by Crippen LogP contribution is -2.60. The number of benzene rings is 1. The zero-order chi connectivity index (χ0) is 20.3. The van der Waals surface area contributed by atoms with Gasteiger partial charge in [0, 0.05) is 5.54 Å². The molecule has 6 nitrogen and oxygen atoms in total. The Labute approximate surface area is 172 Å². The van der Waals surface area contributed by atoms with Crippen molar-refractivity contribution in [3.63, 3.8) is 0 Å². The minimum Gasteiger partial charge on any atom is -0.490 e. The second-order valence-corrected chi connectivity index (χ2v) is 8.99. The normalized spacial score (nSPS) is 29.3. The predicted octanol–water partition coefficient (Wildman–Crippen LogP) is 3.48. The Balaban J connectivity index is 1.22. The third-order valence-electron chi connectivity index (χ3n) is 6.46. The molecule has 5 rings (SSSR count). The van der Waals surface area contributed by atoms with E-state index in [1.165, 1.54) is 19.3 Å². The van der Waals surface area contributed by atoms with Gasteiger partial charge in [-0.25, -0.2) is 4.79 Å². The molecule has 4 saturated carbocycles. The highest BCUT2D eigenvalue weighted by molar-refractivity contribution is 5.81. The molecule has 1 aromatic rings. The number of rotatable bonds is 9. The van der Waals surface area contributed by atoms with Crippen molar-refractivity contribution < 1.29 is 23.8 Å². The summed E-state index contributed by atoms with van der Waals surface area (Å²) in [6.45, 7) is 2.10. The van der Waals surface area contributed by atoms with E-state index < -0.39 is 5.97 Å².